The van der Waals surface area contributed by atoms with Gasteiger partial charge in [0.25, 0.3) is 0 Å². The first-order valence-electron chi connectivity index (χ1n) is 7.29. The molecule has 6 nitrogen and oxygen atoms in total. The minimum atomic E-state index is -0.131. The number of hydrogen-bond donors (Lipinski definition) is 0. The summed E-state index contributed by atoms with van der Waals surface area (Å²) in [5.74, 6) is 1.40. The molecule has 3 rings (SSSR count). The van der Waals surface area contributed by atoms with Gasteiger partial charge >= 0.3 is 5.97 Å². The van der Waals surface area contributed by atoms with Crippen molar-refractivity contribution in [2.45, 2.75) is 13.0 Å². The van der Waals surface area contributed by atoms with Crippen molar-refractivity contribution in [2.24, 2.45) is 5.92 Å². The summed E-state index contributed by atoms with van der Waals surface area (Å²) in [6, 6.07) is 5.74. The smallest absolute Gasteiger partial charge is 0.310 e. The third-order valence-corrected chi connectivity index (χ3v) is 4.01. The summed E-state index contributed by atoms with van der Waals surface area (Å²) >= 11 is 0. The first-order valence-corrected chi connectivity index (χ1v) is 7.29. The summed E-state index contributed by atoms with van der Waals surface area (Å²) < 4.78 is 10.0. The maximum absolute atomic E-state index is 11.6. The quantitative estimate of drug-likeness (QED) is 0.796. The Morgan fingerprint density at radius 2 is 2.22 bits per heavy atom. The normalized spacial score (nSPS) is 17.7. The predicted molar refractivity (Wildman–Crippen MR) is 88.7 cm³/mol. The van der Waals surface area contributed by atoms with Crippen LogP contribution in [0.1, 0.15) is 12.2 Å². The van der Waals surface area contributed by atoms with Gasteiger partial charge in [-0.05, 0) is 31.2 Å². The molecule has 1 aromatic carbocycles. The summed E-state index contributed by atoms with van der Waals surface area (Å²) in [6.45, 7) is 2.22. The van der Waals surface area contributed by atoms with Crippen molar-refractivity contribution in [1.29, 1.82) is 0 Å². The number of halogens is 1. The zero-order chi connectivity index (χ0) is 15.5. The fourth-order valence-electron chi connectivity index (χ4n) is 2.79. The van der Waals surface area contributed by atoms with Gasteiger partial charge in [-0.15, -0.1) is 12.4 Å². The molecule has 1 aliphatic rings. The number of carbonyl (C=O) groups excluding carboxylic acids is 1. The van der Waals surface area contributed by atoms with E-state index in [2.05, 4.69) is 14.9 Å². The van der Waals surface area contributed by atoms with E-state index in [1.807, 2.05) is 24.4 Å². The second-order valence-electron chi connectivity index (χ2n) is 5.45. The van der Waals surface area contributed by atoms with Gasteiger partial charge in [0.05, 0.1) is 32.2 Å². The van der Waals surface area contributed by atoms with Gasteiger partial charge in [-0.25, -0.2) is 9.97 Å². The number of rotatable bonds is 4. The largest absolute Gasteiger partial charge is 0.497 e. The van der Waals surface area contributed by atoms with Gasteiger partial charge in [-0.2, -0.15) is 0 Å². The highest BCUT2D eigenvalue weighted by atomic mass is 35.5. The summed E-state index contributed by atoms with van der Waals surface area (Å²) in [4.78, 5) is 22.7. The van der Waals surface area contributed by atoms with E-state index in [0.29, 0.717) is 13.1 Å². The van der Waals surface area contributed by atoms with Crippen molar-refractivity contribution in [2.75, 3.05) is 27.3 Å². The fraction of sp³-hybridized carbons (Fsp3) is 0.438. The molecule has 23 heavy (non-hydrogen) atoms. The highest BCUT2D eigenvalue weighted by Gasteiger charge is 2.29. The number of esters is 1. The molecule has 1 fully saturated rings. The lowest BCUT2D eigenvalue weighted by molar-refractivity contribution is -0.144. The Hall–Kier alpha value is -1.92. The molecule has 7 heteroatoms. The molecule has 0 aliphatic carbocycles. The number of fused-ring (bicyclic) bond motifs is 1. The molecule has 2 aromatic rings. The third kappa shape index (κ3) is 3.89. The summed E-state index contributed by atoms with van der Waals surface area (Å²) in [6.07, 6.45) is 2.64. The molecule has 0 N–H and O–H groups in total. The van der Waals surface area contributed by atoms with Crippen molar-refractivity contribution in [3.05, 3.63) is 30.2 Å². The highest BCUT2D eigenvalue weighted by molar-refractivity contribution is 5.85. The molecule has 0 spiro atoms. The molecular weight excluding hydrogens is 318 g/mol. The molecular formula is C16H20ClN3O3. The van der Waals surface area contributed by atoms with E-state index in [1.165, 1.54) is 7.11 Å². The first-order chi connectivity index (χ1) is 10.7. The number of aromatic nitrogens is 2. The van der Waals surface area contributed by atoms with E-state index in [-0.39, 0.29) is 24.3 Å². The molecule has 0 amide bonds. The number of carbonyl (C=O) groups is 1. The molecule has 1 aromatic heterocycles. The molecule has 1 saturated heterocycles. The topological polar surface area (TPSA) is 64.5 Å². The maximum atomic E-state index is 11.6. The minimum Gasteiger partial charge on any atom is -0.497 e. The van der Waals surface area contributed by atoms with Crippen LogP contribution < -0.4 is 4.74 Å². The Balaban J connectivity index is 0.00000192. The minimum absolute atomic E-state index is 0. The lowest BCUT2D eigenvalue weighted by Crippen LogP contribution is -2.24. The van der Waals surface area contributed by atoms with Crippen LogP contribution in [0, 0.1) is 5.92 Å². The Bertz CT molecular complexity index is 695. The lowest BCUT2D eigenvalue weighted by atomic mass is 10.1. The van der Waals surface area contributed by atoms with Crippen LogP contribution in [0.2, 0.25) is 0 Å². The second kappa shape index (κ2) is 7.57. The van der Waals surface area contributed by atoms with Gasteiger partial charge in [0.2, 0.25) is 0 Å². The zero-order valence-corrected chi connectivity index (χ0v) is 14.0. The maximum Gasteiger partial charge on any atom is 0.310 e. The van der Waals surface area contributed by atoms with Crippen molar-refractivity contribution >= 4 is 29.3 Å². The van der Waals surface area contributed by atoms with Gasteiger partial charge in [0, 0.05) is 18.1 Å². The summed E-state index contributed by atoms with van der Waals surface area (Å²) in [5.41, 5.74) is 0.898. The number of ether oxygens (including phenoxy) is 2. The van der Waals surface area contributed by atoms with Crippen LogP contribution in [0.4, 0.5) is 0 Å². The molecule has 2 heterocycles. The SMILES string of the molecule is COC(=O)[C@@H]1CCN(Cc2ncc3cc(OC)ccc3n2)C1.Cl. The number of nitrogens with zero attached hydrogens (tertiary/aromatic N) is 3. The molecule has 0 saturated carbocycles. The highest BCUT2D eigenvalue weighted by Crippen LogP contribution is 2.21. The average Bonchev–Trinajstić information content (AvgIpc) is 3.02. The molecule has 1 atom stereocenters. The van der Waals surface area contributed by atoms with Crippen LogP contribution in [0.3, 0.4) is 0 Å². The van der Waals surface area contributed by atoms with Gasteiger partial charge < -0.3 is 9.47 Å². The van der Waals surface area contributed by atoms with Crippen LogP contribution in [-0.2, 0) is 16.1 Å². The second-order valence-corrected chi connectivity index (χ2v) is 5.45. The van der Waals surface area contributed by atoms with E-state index >= 15 is 0 Å². The number of benzene rings is 1. The van der Waals surface area contributed by atoms with E-state index in [9.17, 15) is 4.79 Å². The van der Waals surface area contributed by atoms with Crippen LogP contribution >= 0.6 is 12.4 Å². The number of hydrogen-bond acceptors (Lipinski definition) is 6. The monoisotopic (exact) mass is 337 g/mol. The molecule has 1 aliphatic heterocycles. The Morgan fingerprint density at radius 3 is 2.96 bits per heavy atom. The van der Waals surface area contributed by atoms with Gasteiger partial charge in [0.15, 0.2) is 0 Å². The summed E-state index contributed by atoms with van der Waals surface area (Å²) in [5, 5.41) is 0.956. The third-order valence-electron chi connectivity index (χ3n) is 4.01. The van der Waals surface area contributed by atoms with Crippen LogP contribution in [0.25, 0.3) is 10.9 Å². The first kappa shape index (κ1) is 17.4. The zero-order valence-electron chi connectivity index (χ0n) is 13.2. The average molecular weight is 338 g/mol. The van der Waals surface area contributed by atoms with Crippen LogP contribution in [-0.4, -0.2) is 48.1 Å². The van der Waals surface area contributed by atoms with E-state index < -0.39 is 0 Å². The number of methoxy groups -OCH3 is 2. The standard InChI is InChI=1S/C16H19N3O3.ClH/c1-21-13-3-4-14-12(7-13)8-17-15(18-14)10-19-6-5-11(9-19)16(20)22-2;/h3-4,7-8,11H,5-6,9-10H2,1-2H3;1H/t11-;/m1./s1. The lowest BCUT2D eigenvalue weighted by Gasteiger charge is -2.14. The fourth-order valence-corrected chi connectivity index (χ4v) is 2.79. The predicted octanol–water partition coefficient (Wildman–Crippen LogP) is 2.06. The Kier molecular flexibility index (Phi) is 5.74. The van der Waals surface area contributed by atoms with Crippen LogP contribution in [0.15, 0.2) is 24.4 Å². The van der Waals surface area contributed by atoms with Gasteiger partial charge in [-0.1, -0.05) is 0 Å². The van der Waals surface area contributed by atoms with E-state index in [0.717, 1.165) is 35.4 Å². The molecule has 0 unspecified atom stereocenters. The van der Waals surface area contributed by atoms with Crippen molar-refractivity contribution in [1.82, 2.24) is 14.9 Å². The van der Waals surface area contributed by atoms with Crippen molar-refractivity contribution in [3.8, 4) is 5.75 Å². The van der Waals surface area contributed by atoms with Gasteiger partial charge in [0.1, 0.15) is 11.6 Å². The van der Waals surface area contributed by atoms with Crippen LogP contribution in [0.5, 0.6) is 5.75 Å². The van der Waals surface area contributed by atoms with Crippen molar-refractivity contribution < 1.29 is 14.3 Å². The molecule has 0 bridgehead atoms. The van der Waals surface area contributed by atoms with Crippen molar-refractivity contribution in [3.63, 3.8) is 0 Å². The molecule has 0 radical (unpaired) electrons. The van der Waals surface area contributed by atoms with E-state index in [4.69, 9.17) is 9.47 Å². The Labute approximate surface area is 141 Å². The Morgan fingerprint density at radius 1 is 1.39 bits per heavy atom. The summed E-state index contributed by atoms with van der Waals surface area (Å²) in [7, 11) is 3.08. The number of likely N-dealkylation sites (tertiary alicyclic amines) is 1. The molecule has 124 valence electrons. The van der Waals surface area contributed by atoms with E-state index in [1.54, 1.807) is 7.11 Å². The van der Waals surface area contributed by atoms with Gasteiger partial charge in [-0.3, -0.25) is 9.69 Å².